The Hall–Kier alpha value is -0.960. The van der Waals surface area contributed by atoms with E-state index in [0.717, 1.165) is 10.9 Å². The maximum Gasteiger partial charge on any atom is 0.157 e. The van der Waals surface area contributed by atoms with Gasteiger partial charge in [0.1, 0.15) is 0 Å². The molecule has 0 saturated heterocycles. The summed E-state index contributed by atoms with van der Waals surface area (Å²) in [5.74, 6) is 1.75. The average molecular weight is 248 g/mol. The zero-order valence-electron chi connectivity index (χ0n) is 10.7. The van der Waals surface area contributed by atoms with Crippen molar-refractivity contribution in [3.8, 4) is 0 Å². The number of thioether (sulfide) groups is 1. The molecule has 0 bridgehead atoms. The zero-order valence-corrected chi connectivity index (χ0v) is 11.5. The Morgan fingerprint density at radius 2 is 1.94 bits per heavy atom. The molecule has 2 nitrogen and oxygen atoms in total. The lowest BCUT2D eigenvalue weighted by molar-refractivity contribution is 0.541. The first-order valence-corrected chi connectivity index (χ1v) is 7.17. The van der Waals surface area contributed by atoms with Crippen LogP contribution in [0, 0.1) is 5.92 Å². The first kappa shape index (κ1) is 12.5. The van der Waals surface area contributed by atoms with Crippen molar-refractivity contribution in [3.63, 3.8) is 0 Å². The van der Waals surface area contributed by atoms with Gasteiger partial charge in [0.05, 0.1) is 12.1 Å². The van der Waals surface area contributed by atoms with Crippen LogP contribution in [0.3, 0.4) is 0 Å². The van der Waals surface area contributed by atoms with Gasteiger partial charge < -0.3 is 5.32 Å². The van der Waals surface area contributed by atoms with E-state index in [4.69, 9.17) is 4.99 Å². The van der Waals surface area contributed by atoms with Crippen molar-refractivity contribution in [2.75, 3.05) is 5.75 Å². The van der Waals surface area contributed by atoms with Crippen LogP contribution in [0.15, 0.2) is 35.3 Å². The predicted octanol–water partition coefficient (Wildman–Crippen LogP) is 3.46. The van der Waals surface area contributed by atoms with Crippen molar-refractivity contribution in [2.45, 2.75) is 32.9 Å². The van der Waals surface area contributed by atoms with Crippen molar-refractivity contribution in [1.82, 2.24) is 5.32 Å². The fourth-order valence-electron chi connectivity index (χ4n) is 1.82. The molecule has 17 heavy (non-hydrogen) atoms. The van der Waals surface area contributed by atoms with Gasteiger partial charge in [-0.1, -0.05) is 55.9 Å². The van der Waals surface area contributed by atoms with Gasteiger partial charge in [-0.2, -0.15) is 0 Å². The highest BCUT2D eigenvalue weighted by Crippen LogP contribution is 2.24. The third-order valence-electron chi connectivity index (χ3n) is 3.08. The fraction of sp³-hybridized carbons (Fsp3) is 0.500. The van der Waals surface area contributed by atoms with Gasteiger partial charge in [-0.15, -0.1) is 0 Å². The van der Waals surface area contributed by atoms with Gasteiger partial charge in [0, 0.05) is 5.75 Å². The van der Waals surface area contributed by atoms with Crippen LogP contribution >= 0.6 is 11.8 Å². The molecule has 1 aromatic rings. The number of nitrogens with one attached hydrogen (secondary N) is 1. The summed E-state index contributed by atoms with van der Waals surface area (Å²) < 4.78 is 0. The molecule has 0 radical (unpaired) electrons. The lowest BCUT2D eigenvalue weighted by Gasteiger charge is -2.14. The minimum absolute atomic E-state index is 0.327. The van der Waals surface area contributed by atoms with E-state index in [1.54, 1.807) is 0 Å². The second-order valence-electron chi connectivity index (χ2n) is 4.83. The summed E-state index contributed by atoms with van der Waals surface area (Å²) in [6.45, 7) is 6.65. The van der Waals surface area contributed by atoms with E-state index in [9.17, 15) is 0 Å². The maximum absolute atomic E-state index is 4.72. The molecule has 1 heterocycles. The van der Waals surface area contributed by atoms with Crippen molar-refractivity contribution >= 4 is 16.9 Å². The number of nitrogens with zero attached hydrogens (tertiary/aromatic N) is 1. The minimum Gasteiger partial charge on any atom is -0.358 e. The number of aliphatic imine (C=N–C) groups is 1. The highest BCUT2D eigenvalue weighted by atomic mass is 32.2. The molecule has 0 saturated carbocycles. The highest BCUT2D eigenvalue weighted by Gasteiger charge is 2.21. The molecular weight excluding hydrogens is 228 g/mol. The third kappa shape index (κ3) is 3.25. The zero-order chi connectivity index (χ0) is 12.3. The van der Waals surface area contributed by atoms with Gasteiger partial charge in [-0.05, 0) is 18.4 Å². The number of rotatable bonds is 3. The van der Waals surface area contributed by atoms with Gasteiger partial charge in [-0.25, -0.2) is 0 Å². The summed E-state index contributed by atoms with van der Waals surface area (Å²) in [5.41, 5.74) is 1.31. The molecule has 1 aromatic carbocycles. The molecule has 0 amide bonds. The SMILES string of the molecule is CC(NC1=NC(C(C)C)CS1)c1ccccc1. The van der Waals surface area contributed by atoms with Crippen LogP contribution in [0.2, 0.25) is 0 Å². The third-order valence-corrected chi connectivity index (χ3v) is 4.09. The van der Waals surface area contributed by atoms with Gasteiger partial charge in [0.25, 0.3) is 0 Å². The second-order valence-corrected chi connectivity index (χ2v) is 5.84. The average Bonchev–Trinajstić information content (AvgIpc) is 2.79. The lowest BCUT2D eigenvalue weighted by Crippen LogP contribution is -2.23. The molecule has 0 aliphatic carbocycles. The quantitative estimate of drug-likeness (QED) is 0.886. The van der Waals surface area contributed by atoms with Crippen molar-refractivity contribution in [2.24, 2.45) is 10.9 Å². The van der Waals surface area contributed by atoms with Gasteiger partial charge >= 0.3 is 0 Å². The topological polar surface area (TPSA) is 24.4 Å². The molecule has 3 heteroatoms. The summed E-state index contributed by atoms with van der Waals surface area (Å²) in [6, 6.07) is 11.3. The van der Waals surface area contributed by atoms with Crippen LogP contribution in [0.5, 0.6) is 0 Å². The van der Waals surface area contributed by atoms with Crippen molar-refractivity contribution in [3.05, 3.63) is 35.9 Å². The summed E-state index contributed by atoms with van der Waals surface area (Å²) in [4.78, 5) is 4.72. The Morgan fingerprint density at radius 3 is 2.53 bits per heavy atom. The molecule has 0 aromatic heterocycles. The van der Waals surface area contributed by atoms with Crippen LogP contribution in [-0.4, -0.2) is 17.0 Å². The molecule has 92 valence electrons. The summed E-state index contributed by atoms with van der Waals surface area (Å²) in [6.07, 6.45) is 0. The fourth-order valence-corrected chi connectivity index (χ4v) is 3.08. The molecule has 2 atom stereocenters. The maximum atomic E-state index is 4.72. The van der Waals surface area contributed by atoms with E-state index in [1.165, 1.54) is 5.56 Å². The lowest BCUT2D eigenvalue weighted by atomic mass is 10.1. The monoisotopic (exact) mass is 248 g/mol. The smallest absolute Gasteiger partial charge is 0.157 e. The van der Waals surface area contributed by atoms with Crippen LogP contribution in [0.4, 0.5) is 0 Å². The summed E-state index contributed by atoms with van der Waals surface area (Å²) in [7, 11) is 0. The second kappa shape index (κ2) is 5.58. The van der Waals surface area contributed by atoms with Gasteiger partial charge in [-0.3, -0.25) is 4.99 Å². The van der Waals surface area contributed by atoms with Crippen LogP contribution in [0.25, 0.3) is 0 Å². The number of amidine groups is 1. The number of hydrogen-bond acceptors (Lipinski definition) is 3. The van der Waals surface area contributed by atoms with Crippen molar-refractivity contribution < 1.29 is 0 Å². The van der Waals surface area contributed by atoms with Crippen molar-refractivity contribution in [1.29, 1.82) is 0 Å². The molecule has 2 unspecified atom stereocenters. The Kier molecular flexibility index (Phi) is 4.11. The number of hydrogen-bond donors (Lipinski definition) is 1. The predicted molar refractivity (Wildman–Crippen MR) is 76.5 cm³/mol. The highest BCUT2D eigenvalue weighted by molar-refractivity contribution is 8.14. The Balaban J connectivity index is 1.96. The van der Waals surface area contributed by atoms with Crippen LogP contribution < -0.4 is 5.32 Å². The molecular formula is C14H20N2S. The largest absolute Gasteiger partial charge is 0.358 e. The first-order chi connectivity index (χ1) is 8.16. The number of benzene rings is 1. The normalized spacial score (nSPS) is 21.4. The van der Waals surface area contributed by atoms with E-state index in [-0.39, 0.29) is 0 Å². The Morgan fingerprint density at radius 1 is 1.24 bits per heavy atom. The Labute approximate surface area is 108 Å². The first-order valence-electron chi connectivity index (χ1n) is 6.19. The minimum atomic E-state index is 0.327. The van der Waals surface area contributed by atoms with E-state index in [1.807, 2.05) is 17.8 Å². The molecule has 0 fully saturated rings. The molecule has 1 N–H and O–H groups in total. The Bertz CT molecular complexity index is 386. The van der Waals surface area contributed by atoms with Crippen LogP contribution in [-0.2, 0) is 0 Å². The standard InChI is InChI=1S/C14H20N2S/c1-10(2)13-9-17-14(16-13)15-11(3)12-7-5-4-6-8-12/h4-8,10-11,13H,9H2,1-3H3,(H,15,16). The van der Waals surface area contributed by atoms with E-state index >= 15 is 0 Å². The van der Waals surface area contributed by atoms with Crippen LogP contribution in [0.1, 0.15) is 32.4 Å². The van der Waals surface area contributed by atoms with E-state index < -0.39 is 0 Å². The summed E-state index contributed by atoms with van der Waals surface area (Å²) in [5, 5.41) is 4.59. The molecule has 1 aliphatic heterocycles. The van der Waals surface area contributed by atoms with E-state index in [2.05, 4.69) is 50.4 Å². The van der Waals surface area contributed by atoms with Gasteiger partial charge in [0.15, 0.2) is 5.17 Å². The van der Waals surface area contributed by atoms with E-state index in [0.29, 0.717) is 18.0 Å². The summed E-state index contributed by atoms with van der Waals surface area (Å²) >= 11 is 1.84. The molecule has 0 spiro atoms. The molecule has 2 rings (SSSR count). The molecule has 1 aliphatic rings. The van der Waals surface area contributed by atoms with Gasteiger partial charge in [0.2, 0.25) is 0 Å².